The molecule has 28 heavy (non-hydrogen) atoms. The van der Waals surface area contributed by atoms with Crippen molar-refractivity contribution in [3.8, 4) is 0 Å². The first-order valence-corrected chi connectivity index (χ1v) is 9.94. The van der Waals surface area contributed by atoms with Crippen LogP contribution >= 0.6 is 0 Å². The molecule has 0 bridgehead atoms. The van der Waals surface area contributed by atoms with E-state index in [2.05, 4.69) is 44.8 Å². The highest BCUT2D eigenvalue weighted by atomic mass is 16.2. The van der Waals surface area contributed by atoms with Gasteiger partial charge in [-0.25, -0.2) is 4.98 Å². The van der Waals surface area contributed by atoms with Crippen LogP contribution in [-0.4, -0.2) is 40.1 Å². The summed E-state index contributed by atoms with van der Waals surface area (Å²) in [5.41, 5.74) is 7.64. The van der Waals surface area contributed by atoms with E-state index in [-0.39, 0.29) is 11.9 Å². The summed E-state index contributed by atoms with van der Waals surface area (Å²) in [4.78, 5) is 27.1. The normalized spacial score (nSPS) is 20.8. The quantitative estimate of drug-likeness (QED) is 0.706. The van der Waals surface area contributed by atoms with Crippen LogP contribution in [0.4, 0.5) is 0 Å². The second-order valence-electron chi connectivity index (χ2n) is 8.03. The van der Waals surface area contributed by atoms with Crippen molar-refractivity contribution in [1.29, 1.82) is 0 Å². The number of nitrogens with zero attached hydrogens (tertiary/aromatic N) is 3. The summed E-state index contributed by atoms with van der Waals surface area (Å²) >= 11 is 0. The first-order valence-electron chi connectivity index (χ1n) is 9.94. The van der Waals surface area contributed by atoms with Crippen molar-refractivity contribution >= 4 is 23.7 Å². The molecule has 142 valence electrons. The van der Waals surface area contributed by atoms with Gasteiger partial charge in [0.05, 0.1) is 23.9 Å². The van der Waals surface area contributed by atoms with E-state index in [0.717, 1.165) is 48.0 Å². The zero-order valence-corrected chi connectivity index (χ0v) is 16.1. The van der Waals surface area contributed by atoms with Gasteiger partial charge in [0, 0.05) is 24.1 Å². The fourth-order valence-corrected chi connectivity index (χ4v) is 5.07. The lowest BCUT2D eigenvalue weighted by atomic mass is 9.87. The van der Waals surface area contributed by atoms with Crippen molar-refractivity contribution in [2.75, 3.05) is 6.54 Å². The third kappa shape index (κ3) is 2.65. The first-order chi connectivity index (χ1) is 13.7. The number of rotatable bonds is 3. The average Bonchev–Trinajstić information content (AvgIpc) is 3.32. The van der Waals surface area contributed by atoms with Crippen molar-refractivity contribution < 1.29 is 4.79 Å². The van der Waals surface area contributed by atoms with Gasteiger partial charge in [-0.2, -0.15) is 0 Å². The second-order valence-corrected chi connectivity index (χ2v) is 8.03. The summed E-state index contributed by atoms with van der Waals surface area (Å²) in [6.07, 6.45) is 4.82. The predicted octanol–water partition coefficient (Wildman–Crippen LogP) is 4.02. The minimum Gasteiger partial charge on any atom is -0.345 e. The third-order valence-electron chi connectivity index (χ3n) is 6.33. The number of imidazole rings is 1. The van der Waals surface area contributed by atoms with Gasteiger partial charge in [0.25, 0.3) is 5.91 Å². The highest BCUT2D eigenvalue weighted by molar-refractivity contribution is 5.98. The molecule has 1 fully saturated rings. The lowest BCUT2D eigenvalue weighted by Crippen LogP contribution is -2.46. The maximum absolute atomic E-state index is 13.4. The Morgan fingerprint density at radius 3 is 3.11 bits per heavy atom. The zero-order chi connectivity index (χ0) is 19.3. The lowest BCUT2D eigenvalue weighted by Gasteiger charge is -2.38. The molecule has 5 heteroatoms. The van der Waals surface area contributed by atoms with Gasteiger partial charge in [-0.3, -0.25) is 9.79 Å². The Bertz CT molecular complexity index is 1080. The third-order valence-corrected chi connectivity index (χ3v) is 6.33. The number of hydrogen-bond acceptors (Lipinski definition) is 3. The van der Waals surface area contributed by atoms with Crippen molar-refractivity contribution in [1.82, 2.24) is 14.9 Å². The number of likely N-dealkylation sites (tertiary alicyclic amines) is 1. The van der Waals surface area contributed by atoms with Crippen molar-refractivity contribution in [3.63, 3.8) is 0 Å². The van der Waals surface area contributed by atoms with E-state index in [1.165, 1.54) is 16.7 Å². The Balaban J connectivity index is 1.47. The molecule has 0 spiro atoms. The number of nitrogens with one attached hydrogen (secondary N) is 1. The molecule has 1 aromatic heterocycles. The van der Waals surface area contributed by atoms with Crippen LogP contribution in [0.15, 0.2) is 41.7 Å². The van der Waals surface area contributed by atoms with Crippen LogP contribution in [0.5, 0.6) is 0 Å². The molecule has 5 nitrogen and oxygen atoms in total. The molecule has 2 atom stereocenters. The zero-order valence-electron chi connectivity index (χ0n) is 16.1. The van der Waals surface area contributed by atoms with Gasteiger partial charge in [0.15, 0.2) is 0 Å². The molecule has 1 N–H and O–H groups in total. The van der Waals surface area contributed by atoms with Gasteiger partial charge < -0.3 is 9.88 Å². The van der Waals surface area contributed by atoms with E-state index in [1.54, 1.807) is 6.33 Å². The molecule has 1 amide bonds. The van der Waals surface area contributed by atoms with Crippen molar-refractivity contribution in [2.45, 2.75) is 44.7 Å². The monoisotopic (exact) mass is 372 g/mol. The van der Waals surface area contributed by atoms with E-state index in [4.69, 9.17) is 0 Å². The highest BCUT2D eigenvalue weighted by Crippen LogP contribution is 2.43. The average molecular weight is 372 g/mol. The standard InChI is InChI=1S/C23H24N4O/c1-14-8-17(10-20-22(14)26-13-25-20)23(28)27-7-3-4-18-19-9-15(12-24-2)5-6-16(19)11-21(18)27/h5-6,8-10,13,18,21H,2-4,7,11-12H2,1H3,(H,25,26)/t18-,21+/m1/s1. The van der Waals surface area contributed by atoms with Crippen molar-refractivity contribution in [2.24, 2.45) is 4.99 Å². The van der Waals surface area contributed by atoms with E-state index in [0.29, 0.717) is 12.5 Å². The minimum atomic E-state index is 0.134. The van der Waals surface area contributed by atoms with E-state index >= 15 is 0 Å². The van der Waals surface area contributed by atoms with Gasteiger partial charge in [0.2, 0.25) is 0 Å². The number of hydrogen-bond donors (Lipinski definition) is 1. The number of H-pyrrole nitrogens is 1. The van der Waals surface area contributed by atoms with E-state index < -0.39 is 0 Å². The van der Waals surface area contributed by atoms with Crippen LogP contribution in [0, 0.1) is 6.92 Å². The second kappa shape index (κ2) is 6.59. The summed E-state index contributed by atoms with van der Waals surface area (Å²) < 4.78 is 0. The molecule has 3 aromatic rings. The molecule has 1 aliphatic carbocycles. The molecule has 0 radical (unpaired) electrons. The number of aromatic nitrogens is 2. The van der Waals surface area contributed by atoms with E-state index in [1.807, 2.05) is 19.1 Å². The lowest BCUT2D eigenvalue weighted by molar-refractivity contribution is 0.0595. The fourth-order valence-electron chi connectivity index (χ4n) is 5.07. The molecule has 2 heterocycles. The minimum absolute atomic E-state index is 0.134. The molecule has 2 aromatic carbocycles. The van der Waals surface area contributed by atoms with Crippen LogP contribution in [0.2, 0.25) is 0 Å². The smallest absolute Gasteiger partial charge is 0.254 e. The van der Waals surface area contributed by atoms with Crippen LogP contribution in [0.25, 0.3) is 11.0 Å². The number of benzene rings is 2. The number of carbonyl (C=O) groups is 1. The molecule has 2 aliphatic rings. The van der Waals surface area contributed by atoms with Gasteiger partial charge in [-0.15, -0.1) is 0 Å². The van der Waals surface area contributed by atoms with Crippen LogP contribution in [0.3, 0.4) is 0 Å². The SMILES string of the molecule is C=NCc1ccc2c(c1)[C@H]1CCCN(C(=O)c3cc(C)c4nc[nH]c4c3)[C@H]1C2. The summed E-state index contributed by atoms with van der Waals surface area (Å²) in [6, 6.07) is 10.8. The molecular weight excluding hydrogens is 348 g/mol. The Morgan fingerprint density at radius 1 is 1.36 bits per heavy atom. The van der Waals surface area contributed by atoms with Crippen molar-refractivity contribution in [3.05, 3.63) is 64.5 Å². The fraction of sp³-hybridized carbons (Fsp3) is 0.348. The van der Waals surface area contributed by atoms with E-state index in [9.17, 15) is 4.79 Å². The highest BCUT2D eigenvalue weighted by Gasteiger charge is 2.41. The number of aromatic amines is 1. The Kier molecular flexibility index (Phi) is 4.04. The molecule has 1 saturated heterocycles. The van der Waals surface area contributed by atoms with Gasteiger partial charge in [0.1, 0.15) is 0 Å². The molecule has 5 rings (SSSR count). The van der Waals surface area contributed by atoms with Gasteiger partial charge in [-0.05, 0) is 67.3 Å². The number of amides is 1. The van der Waals surface area contributed by atoms with Crippen LogP contribution in [0.1, 0.15) is 51.4 Å². The number of carbonyl (C=O) groups excluding carboxylic acids is 1. The Labute approximate surface area is 164 Å². The van der Waals surface area contributed by atoms with Crippen LogP contribution < -0.4 is 0 Å². The van der Waals surface area contributed by atoms with Gasteiger partial charge in [-0.1, -0.05) is 18.2 Å². The van der Waals surface area contributed by atoms with Crippen LogP contribution in [-0.2, 0) is 13.0 Å². The molecule has 0 unspecified atom stereocenters. The molecule has 0 saturated carbocycles. The van der Waals surface area contributed by atoms with Gasteiger partial charge >= 0.3 is 0 Å². The molecule has 1 aliphatic heterocycles. The summed E-state index contributed by atoms with van der Waals surface area (Å²) in [5.74, 6) is 0.560. The topological polar surface area (TPSA) is 61.4 Å². The largest absolute Gasteiger partial charge is 0.345 e. The Morgan fingerprint density at radius 2 is 2.25 bits per heavy atom. The Hall–Kier alpha value is -2.95. The predicted molar refractivity (Wildman–Crippen MR) is 111 cm³/mol. The maximum Gasteiger partial charge on any atom is 0.254 e. The number of piperidine rings is 1. The summed E-state index contributed by atoms with van der Waals surface area (Å²) in [7, 11) is 0. The number of aliphatic imine (C=N–C) groups is 1. The summed E-state index contributed by atoms with van der Waals surface area (Å²) in [6.45, 7) is 7.11. The molecular formula is C23H24N4O. The number of aryl methyl sites for hydroxylation is 1. The first kappa shape index (κ1) is 17.2. The maximum atomic E-state index is 13.4. The summed E-state index contributed by atoms with van der Waals surface area (Å²) in [5, 5.41) is 0. The number of fused-ring (bicyclic) bond motifs is 4.